The van der Waals surface area contributed by atoms with Gasteiger partial charge in [-0.15, -0.1) is 0 Å². The third-order valence-electron chi connectivity index (χ3n) is 8.62. The molecule has 108 heavy (non-hydrogen) atoms. The molecule has 0 aromatic heterocycles. The van der Waals surface area contributed by atoms with E-state index in [0.717, 1.165) is 32.0 Å². The van der Waals surface area contributed by atoms with Crippen molar-refractivity contribution in [3.63, 3.8) is 0 Å². The smallest absolute Gasteiger partial charge is 0.869 e. The van der Waals surface area contributed by atoms with Gasteiger partial charge in [0.1, 0.15) is 0 Å². The number of aryl methyl sites for hydroxylation is 2. The minimum Gasteiger partial charge on any atom is -0.869 e. The summed E-state index contributed by atoms with van der Waals surface area (Å²) in [7, 11) is 0. The van der Waals surface area contributed by atoms with Crippen molar-refractivity contribution in [3.05, 3.63) is 140 Å². The van der Waals surface area contributed by atoms with Crippen molar-refractivity contribution in [3.8, 4) is 0 Å². The topological polar surface area (TPSA) is 347 Å². The summed E-state index contributed by atoms with van der Waals surface area (Å²) in [6.07, 6.45) is -71.7. The molecule has 0 spiro atoms. The fraction of sp³-hybridized carbons (Fsp3) is 0.423. The second-order valence-corrected chi connectivity index (χ2v) is 19.8. The molecule has 0 bridgehead atoms. The minimum absolute atomic E-state index is 0. The van der Waals surface area contributed by atoms with E-state index in [2.05, 4.69) is 0 Å². The number of allylic oxidation sites excluding steroid dienone is 12. The van der Waals surface area contributed by atoms with Crippen LogP contribution in [0.15, 0.2) is 120 Å². The molecule has 2 aromatic rings. The number of carbonyl (C=O) groups is 6. The zero-order valence-electron chi connectivity index (χ0n) is 53.2. The number of nitrogens with zero attached hydrogens (tertiary/aromatic N) is 2. The van der Waals surface area contributed by atoms with Crippen molar-refractivity contribution >= 4 is 46.1 Å². The van der Waals surface area contributed by atoms with E-state index in [4.69, 9.17) is 0 Å². The van der Waals surface area contributed by atoms with Crippen LogP contribution in [0.5, 0.6) is 0 Å². The van der Waals surface area contributed by atoms with Gasteiger partial charge in [0.25, 0.3) is 46.1 Å². The van der Waals surface area contributed by atoms with Gasteiger partial charge in [-0.25, -0.2) is 0 Å². The van der Waals surface area contributed by atoms with Crippen molar-refractivity contribution < 1.29 is 318 Å². The summed E-state index contributed by atoms with van der Waals surface area (Å²) in [6, 6.07) is 15.3. The van der Waals surface area contributed by atoms with Crippen LogP contribution in [-0.2, 0) is 39.7 Å². The molecule has 0 aliphatic carbocycles. The number of halogens is 36. The van der Waals surface area contributed by atoms with Crippen LogP contribution < -0.4 is 30.6 Å². The fourth-order valence-electron chi connectivity index (χ4n) is 3.98. The van der Waals surface area contributed by atoms with E-state index in [1.807, 2.05) is 104 Å². The van der Waals surface area contributed by atoms with E-state index < -0.39 is 180 Å². The Balaban J connectivity index is -0.000000126. The Kier molecular flexibility index (Phi) is 52.6. The number of ketones is 6. The van der Waals surface area contributed by atoms with E-state index in [9.17, 15) is 227 Å². The molecule has 0 fully saturated rings. The average Bonchev–Trinajstić information content (AvgIpc) is 0.869. The molecule has 2 rings (SSSR count). The molecule has 0 heterocycles. The van der Waals surface area contributed by atoms with Crippen molar-refractivity contribution in [1.82, 2.24) is 0 Å². The summed E-state index contributed by atoms with van der Waals surface area (Å²) in [5, 5.41) is 58.9. The van der Waals surface area contributed by atoms with E-state index in [1.54, 1.807) is 0 Å². The molecule has 0 amide bonds. The molecule has 2 aromatic carbocycles. The van der Waals surface area contributed by atoms with E-state index >= 15 is 0 Å². The van der Waals surface area contributed by atoms with E-state index in [0.29, 0.717) is 0 Å². The maximum Gasteiger partial charge on any atom is 2.00 e. The summed E-state index contributed by atoms with van der Waals surface area (Å²) in [6.45, 7) is 15.4. The van der Waals surface area contributed by atoms with E-state index in [1.165, 1.54) is 0 Å². The van der Waals surface area contributed by atoms with Crippen LogP contribution >= 0.6 is 0 Å². The Morgan fingerprint density at radius 1 is 0.269 bits per heavy atom. The number of nitroso groups, excluding NO2 is 2. The Morgan fingerprint density at radius 2 is 0.389 bits per heavy atom. The van der Waals surface area contributed by atoms with Gasteiger partial charge in [-0.3, -0.25) is 28.8 Å². The molecule has 0 atom stereocenters. The van der Waals surface area contributed by atoms with Crippen LogP contribution in [0.3, 0.4) is 0 Å². The average molecular weight is 1950 g/mol. The van der Waals surface area contributed by atoms with Gasteiger partial charge in [0.05, 0.1) is 0 Å². The van der Waals surface area contributed by atoms with Gasteiger partial charge in [0, 0.05) is 85.1 Å². The Hall–Kier alpha value is -7.05. The summed E-state index contributed by atoms with van der Waals surface area (Å²) in [5.74, 6) is -33.9. The number of hydrogen-bond donors (Lipinski definition) is 0. The van der Waals surface area contributed by atoms with Gasteiger partial charge >= 0.3 is 154 Å². The van der Waals surface area contributed by atoms with Crippen molar-refractivity contribution in [2.45, 2.75) is 141 Å². The first-order chi connectivity index (χ1) is 45.1. The van der Waals surface area contributed by atoms with Crippen molar-refractivity contribution in [2.75, 3.05) is 0 Å². The standard InChI is InChI=1S/2C11H16NO.6C5H2F6O2.2Gd.2H2O/c2*1-9-6-5-7-10(8-9)12(13)11(2,3)4;6*6-4(7,8)2(12)1-3(13)5(9,10)11;;;;/h2*5-8H,1-4H3;6*1,12H;;;2*1H2/q2*+1;;;;;;;2*+2;;/p-4/b;;6*2-1-;;;;. The van der Waals surface area contributed by atoms with Gasteiger partial charge in [-0.1, -0.05) is 24.3 Å². The largest absolute Gasteiger partial charge is 2.00 e. The molecule has 56 heteroatoms. The van der Waals surface area contributed by atoms with Crippen molar-refractivity contribution in [1.29, 1.82) is 0 Å². The summed E-state index contributed by atoms with van der Waals surface area (Å²) in [5.41, 5.74) is 2.95. The molecule has 624 valence electrons. The Morgan fingerprint density at radius 3 is 0.472 bits per heavy atom. The molecule has 0 saturated carbocycles. The summed E-state index contributed by atoms with van der Waals surface area (Å²) < 4.78 is 409. The second kappa shape index (κ2) is 46.6. The van der Waals surface area contributed by atoms with Crippen LogP contribution in [0.1, 0.15) is 52.7 Å². The molecule has 0 saturated heterocycles. The number of carbonyl (C=O) groups excluding carboxylic acids is 6. The second-order valence-electron chi connectivity index (χ2n) is 19.8. The van der Waals surface area contributed by atoms with Gasteiger partial charge in [-0.2, -0.15) is 158 Å². The quantitative estimate of drug-likeness (QED) is 0.0780. The Labute approximate surface area is 641 Å². The third kappa shape index (κ3) is 57.1. The predicted molar refractivity (Wildman–Crippen MR) is 269 cm³/mol. The third-order valence-corrected chi connectivity index (χ3v) is 8.62. The maximum absolute atomic E-state index is 11.7. The number of hydrogen-bond acceptors (Lipinski definition) is 14. The minimum atomic E-state index is -5.46. The molecule has 0 aliphatic rings. The molecular formula is C52H44F36Gd2N2O16+2. The van der Waals surface area contributed by atoms with Gasteiger partial charge < -0.3 is 41.6 Å². The molecular weight excluding hydrogens is 1910 g/mol. The van der Waals surface area contributed by atoms with Crippen LogP contribution in [0.4, 0.5) is 169 Å². The van der Waals surface area contributed by atoms with E-state index in [-0.39, 0.29) is 102 Å². The molecule has 0 radical (unpaired) electrons. The normalized spacial score (nSPS) is 13.2. The number of benzene rings is 2. The van der Waals surface area contributed by atoms with Crippen LogP contribution in [0, 0.1) is 104 Å². The SMILES string of the molecule is Cc1cccc([N+](=O)C(C)(C)C)c1.Cc1cccc([N+](=O)C(C)(C)C)c1.O=C(/C=C(\[O-])C(F)(F)F)C(F)(F)F.O=C(/C=C(\[O-])C(F)(F)F)C(F)(F)F.O=C(/C=C(\[O-])C(F)(F)F)C(F)(F)F.O=C(/C=C(\[O-])C(F)(F)F)C(F)(F)F.O=C(/C=C(\[O-])C(F)(F)F)C(F)(F)F.O=C(/C=C(\[O-])C(F)(F)F)C(F)(F)F.[Gd+2].[Gd+2].[OH3+].[OH3+]. The summed E-state index contributed by atoms with van der Waals surface area (Å²) in [4.78, 5) is 82.4. The zero-order chi connectivity index (χ0) is 85.3. The van der Waals surface area contributed by atoms with Gasteiger partial charge in [0.2, 0.25) is 11.1 Å². The van der Waals surface area contributed by atoms with Crippen LogP contribution in [0.25, 0.3) is 0 Å². The van der Waals surface area contributed by atoms with Gasteiger partial charge in [0.15, 0.2) is 0 Å². The molecule has 0 aliphatic heterocycles. The first-order valence-corrected chi connectivity index (χ1v) is 24.6. The predicted octanol–water partition coefficient (Wildman–Crippen LogP) is 10.1. The van der Waals surface area contributed by atoms with Crippen molar-refractivity contribution in [2.24, 2.45) is 0 Å². The van der Waals surface area contributed by atoms with Gasteiger partial charge in [-0.05, 0) is 96.0 Å². The maximum atomic E-state index is 11.7. The fourth-order valence-corrected chi connectivity index (χ4v) is 3.98. The first-order valence-electron chi connectivity index (χ1n) is 24.6. The number of rotatable bonds is 8. The first kappa shape index (κ1) is 122. The van der Waals surface area contributed by atoms with Crippen LogP contribution in [0.2, 0.25) is 0 Å². The Bertz CT molecular complexity index is 2960. The monoisotopic (exact) mass is 1950 g/mol. The summed E-state index contributed by atoms with van der Waals surface area (Å²) >= 11 is 0. The number of alkyl halides is 36. The zero-order valence-corrected chi connectivity index (χ0v) is 57.7. The molecule has 0 unspecified atom stereocenters. The molecule has 18 nitrogen and oxygen atoms in total. The van der Waals surface area contributed by atoms with Crippen LogP contribution in [-0.4, -0.2) is 129 Å². The molecule has 6 N–H and O–H groups in total.